The molecule has 0 bridgehead atoms. The maximum absolute atomic E-state index is 12.2. The van der Waals surface area contributed by atoms with E-state index in [2.05, 4.69) is 20.6 Å². The lowest BCUT2D eigenvalue weighted by Crippen LogP contribution is -2.30. The van der Waals surface area contributed by atoms with E-state index in [1.165, 1.54) is 11.3 Å². The van der Waals surface area contributed by atoms with Gasteiger partial charge >= 0.3 is 0 Å². The monoisotopic (exact) mass is 354 g/mol. The number of nitrogens with zero attached hydrogens (tertiary/aromatic N) is 3. The Kier molecular flexibility index (Phi) is 4.26. The second-order valence-electron chi connectivity index (χ2n) is 5.42. The molecule has 0 saturated carbocycles. The van der Waals surface area contributed by atoms with Crippen LogP contribution in [0.4, 0.5) is 0 Å². The molecule has 1 aliphatic heterocycles. The van der Waals surface area contributed by atoms with Crippen molar-refractivity contribution in [2.75, 3.05) is 0 Å². The molecular formula is C17H14N4O3S. The van der Waals surface area contributed by atoms with E-state index in [4.69, 9.17) is 9.36 Å². The Hall–Kier alpha value is -3.00. The second kappa shape index (κ2) is 6.86. The van der Waals surface area contributed by atoms with E-state index >= 15 is 0 Å². The molecule has 1 aromatic carbocycles. The van der Waals surface area contributed by atoms with Crippen molar-refractivity contribution in [1.29, 1.82) is 0 Å². The van der Waals surface area contributed by atoms with Crippen molar-refractivity contribution < 1.29 is 14.2 Å². The normalized spacial score (nSPS) is 16.3. The Balaban J connectivity index is 1.32. The number of amides is 1. The number of benzene rings is 1. The summed E-state index contributed by atoms with van der Waals surface area (Å²) < 4.78 is 5.15. The van der Waals surface area contributed by atoms with Gasteiger partial charge < -0.3 is 14.7 Å². The van der Waals surface area contributed by atoms with Crippen LogP contribution in [0.25, 0.3) is 10.7 Å². The first-order chi connectivity index (χ1) is 12.3. The number of oxime groups is 1. The summed E-state index contributed by atoms with van der Waals surface area (Å²) in [4.78, 5) is 22.8. The number of hydrogen-bond donors (Lipinski definition) is 1. The van der Waals surface area contributed by atoms with Gasteiger partial charge in [-0.2, -0.15) is 4.98 Å². The molecule has 8 heteroatoms. The van der Waals surface area contributed by atoms with E-state index in [1.54, 1.807) is 0 Å². The molecule has 1 aliphatic rings. The third-order valence-electron chi connectivity index (χ3n) is 3.71. The van der Waals surface area contributed by atoms with Crippen molar-refractivity contribution >= 4 is 23.0 Å². The summed E-state index contributed by atoms with van der Waals surface area (Å²) >= 11 is 1.52. The molecule has 3 aromatic rings. The molecular weight excluding hydrogens is 340 g/mol. The van der Waals surface area contributed by atoms with Crippen molar-refractivity contribution in [3.63, 3.8) is 0 Å². The average molecular weight is 354 g/mol. The molecule has 0 radical (unpaired) electrons. The molecule has 0 fully saturated rings. The molecule has 25 heavy (non-hydrogen) atoms. The van der Waals surface area contributed by atoms with Gasteiger partial charge in [0, 0.05) is 6.42 Å². The van der Waals surface area contributed by atoms with Crippen LogP contribution in [0.15, 0.2) is 57.5 Å². The van der Waals surface area contributed by atoms with Crippen LogP contribution in [0, 0.1) is 0 Å². The Bertz CT molecular complexity index is 890. The number of thiophene rings is 1. The van der Waals surface area contributed by atoms with Gasteiger partial charge in [-0.05, 0) is 17.0 Å². The van der Waals surface area contributed by atoms with Crippen molar-refractivity contribution in [1.82, 2.24) is 15.5 Å². The zero-order valence-electron chi connectivity index (χ0n) is 13.1. The summed E-state index contributed by atoms with van der Waals surface area (Å²) in [6.45, 7) is 0.145. The van der Waals surface area contributed by atoms with Crippen LogP contribution < -0.4 is 5.32 Å². The van der Waals surface area contributed by atoms with E-state index in [1.807, 2.05) is 47.8 Å². The summed E-state index contributed by atoms with van der Waals surface area (Å²) in [5.74, 6) is 0.565. The van der Waals surface area contributed by atoms with E-state index in [0.717, 1.165) is 10.4 Å². The van der Waals surface area contributed by atoms with Gasteiger partial charge in [0.05, 0.1) is 11.4 Å². The molecule has 126 valence electrons. The van der Waals surface area contributed by atoms with Gasteiger partial charge in [0.15, 0.2) is 6.10 Å². The SMILES string of the molecule is O=C(NCc1nc(-c2cccs2)no1)C1=NO[C@@H](c2ccccc2)C1. The van der Waals surface area contributed by atoms with Crippen molar-refractivity contribution in [2.45, 2.75) is 19.1 Å². The maximum Gasteiger partial charge on any atom is 0.269 e. The number of hydrogen-bond acceptors (Lipinski definition) is 7. The highest BCUT2D eigenvalue weighted by Crippen LogP contribution is 2.27. The van der Waals surface area contributed by atoms with E-state index < -0.39 is 0 Å². The Morgan fingerprint density at radius 1 is 1.24 bits per heavy atom. The van der Waals surface area contributed by atoms with Gasteiger partial charge in [0.1, 0.15) is 5.71 Å². The van der Waals surface area contributed by atoms with Crippen LogP contribution in [-0.2, 0) is 16.2 Å². The standard InChI is InChI=1S/C17H14N4O3S/c22-17(12-9-13(23-20-12)11-5-2-1-3-6-11)18-10-15-19-16(21-24-15)14-7-4-8-25-14/h1-8,13H,9-10H2,(H,18,22)/t13-/m1/s1. The minimum atomic E-state index is -0.297. The third kappa shape index (κ3) is 3.43. The van der Waals surface area contributed by atoms with Crippen molar-refractivity contribution in [3.8, 4) is 10.7 Å². The van der Waals surface area contributed by atoms with Crippen LogP contribution in [-0.4, -0.2) is 21.8 Å². The maximum atomic E-state index is 12.2. The minimum Gasteiger partial charge on any atom is -0.387 e. The summed E-state index contributed by atoms with van der Waals surface area (Å²) in [5.41, 5.74) is 1.35. The first kappa shape index (κ1) is 15.5. The molecule has 1 amide bonds. The van der Waals surface area contributed by atoms with Gasteiger partial charge in [-0.3, -0.25) is 4.79 Å². The highest BCUT2D eigenvalue weighted by molar-refractivity contribution is 7.13. The lowest BCUT2D eigenvalue weighted by molar-refractivity contribution is -0.115. The fourth-order valence-corrected chi connectivity index (χ4v) is 3.10. The topological polar surface area (TPSA) is 89.6 Å². The minimum absolute atomic E-state index is 0.145. The smallest absolute Gasteiger partial charge is 0.269 e. The highest BCUT2D eigenvalue weighted by Gasteiger charge is 2.27. The Labute approximate surface area is 147 Å². The lowest BCUT2D eigenvalue weighted by Gasteiger charge is -2.07. The van der Waals surface area contributed by atoms with Crippen molar-refractivity contribution in [2.24, 2.45) is 5.16 Å². The van der Waals surface area contributed by atoms with Crippen LogP contribution in [0.1, 0.15) is 24.0 Å². The van der Waals surface area contributed by atoms with Crippen molar-refractivity contribution in [3.05, 3.63) is 59.3 Å². The molecule has 0 spiro atoms. The predicted molar refractivity (Wildman–Crippen MR) is 91.8 cm³/mol. The molecule has 0 saturated heterocycles. The van der Waals surface area contributed by atoms with Gasteiger partial charge in [-0.1, -0.05) is 46.7 Å². The third-order valence-corrected chi connectivity index (χ3v) is 4.58. The summed E-state index contributed by atoms with van der Waals surface area (Å²) in [6, 6.07) is 13.5. The molecule has 0 unspecified atom stereocenters. The second-order valence-corrected chi connectivity index (χ2v) is 6.37. The predicted octanol–water partition coefficient (Wildman–Crippen LogP) is 2.93. The van der Waals surface area contributed by atoms with Crippen LogP contribution >= 0.6 is 11.3 Å². The lowest BCUT2D eigenvalue weighted by atomic mass is 10.0. The number of carbonyl (C=O) groups excluding carboxylic acids is 1. The summed E-state index contributed by atoms with van der Waals surface area (Å²) in [6.07, 6.45) is 0.205. The van der Waals surface area contributed by atoms with Gasteiger partial charge in [0.2, 0.25) is 11.7 Å². The number of aromatic nitrogens is 2. The fourth-order valence-electron chi connectivity index (χ4n) is 2.45. The van der Waals surface area contributed by atoms with Gasteiger partial charge in [-0.25, -0.2) is 0 Å². The number of nitrogens with one attached hydrogen (secondary N) is 1. The number of rotatable bonds is 5. The average Bonchev–Trinajstić information content (AvgIpc) is 3.41. The van der Waals surface area contributed by atoms with E-state index in [-0.39, 0.29) is 18.6 Å². The first-order valence-corrected chi connectivity index (χ1v) is 8.60. The number of carbonyl (C=O) groups is 1. The largest absolute Gasteiger partial charge is 0.387 e. The van der Waals surface area contributed by atoms with Crippen LogP contribution in [0.2, 0.25) is 0 Å². The molecule has 3 heterocycles. The van der Waals surface area contributed by atoms with Gasteiger partial charge in [-0.15, -0.1) is 11.3 Å². The molecule has 1 atom stereocenters. The zero-order valence-corrected chi connectivity index (χ0v) is 13.9. The van der Waals surface area contributed by atoms with E-state index in [0.29, 0.717) is 23.8 Å². The molecule has 0 aliphatic carbocycles. The summed E-state index contributed by atoms with van der Waals surface area (Å²) in [7, 11) is 0. The molecule has 1 N–H and O–H groups in total. The Morgan fingerprint density at radius 3 is 2.92 bits per heavy atom. The molecule has 4 rings (SSSR count). The first-order valence-electron chi connectivity index (χ1n) is 7.72. The summed E-state index contributed by atoms with van der Waals surface area (Å²) in [5, 5.41) is 12.5. The fraction of sp³-hybridized carbons (Fsp3) is 0.176. The van der Waals surface area contributed by atoms with Crippen LogP contribution in [0.5, 0.6) is 0 Å². The Morgan fingerprint density at radius 2 is 2.12 bits per heavy atom. The quantitative estimate of drug-likeness (QED) is 0.761. The zero-order chi connectivity index (χ0) is 17.1. The van der Waals surface area contributed by atoms with Gasteiger partial charge in [0.25, 0.3) is 5.91 Å². The van der Waals surface area contributed by atoms with Crippen LogP contribution in [0.3, 0.4) is 0 Å². The molecule has 2 aromatic heterocycles. The van der Waals surface area contributed by atoms with E-state index in [9.17, 15) is 4.79 Å². The highest BCUT2D eigenvalue weighted by atomic mass is 32.1. The molecule has 7 nitrogen and oxygen atoms in total.